The molecule has 0 bridgehead atoms. The van der Waals surface area contributed by atoms with Gasteiger partial charge in [-0.15, -0.1) is 0 Å². The summed E-state index contributed by atoms with van der Waals surface area (Å²) in [5, 5.41) is 13.2. The Hall–Kier alpha value is -1.65. The van der Waals surface area contributed by atoms with Crippen LogP contribution in [-0.2, 0) is 0 Å². The van der Waals surface area contributed by atoms with Crippen molar-refractivity contribution in [2.45, 2.75) is 26.0 Å². The maximum absolute atomic E-state index is 10.0. The van der Waals surface area contributed by atoms with Gasteiger partial charge in [0, 0.05) is 18.9 Å². The summed E-state index contributed by atoms with van der Waals surface area (Å²) in [5.41, 5.74) is 0.861. The Bertz CT molecular complexity index is 482. The fourth-order valence-electron chi connectivity index (χ4n) is 1.78. The Morgan fingerprint density at radius 3 is 2.61 bits per heavy atom. The van der Waals surface area contributed by atoms with Gasteiger partial charge >= 0.3 is 0 Å². The van der Waals surface area contributed by atoms with Gasteiger partial charge < -0.3 is 14.8 Å². The van der Waals surface area contributed by atoms with Gasteiger partial charge in [0.2, 0.25) is 0 Å². The number of rotatable bonds is 5. The van der Waals surface area contributed by atoms with Crippen LogP contribution in [0.15, 0.2) is 41.1 Å². The largest absolute Gasteiger partial charge is 0.465 e. The van der Waals surface area contributed by atoms with Crippen LogP contribution in [0.2, 0.25) is 0 Å². The summed E-state index contributed by atoms with van der Waals surface area (Å²) in [7, 11) is 0. The van der Waals surface area contributed by atoms with E-state index in [1.165, 1.54) is 0 Å². The van der Waals surface area contributed by atoms with E-state index in [4.69, 9.17) is 4.42 Å². The lowest BCUT2D eigenvalue weighted by molar-refractivity contribution is 0.169. The molecular formula is C14H18N2O2. The normalized spacial score (nSPS) is 14.4. The Labute approximate surface area is 107 Å². The van der Waals surface area contributed by atoms with Crippen LogP contribution in [0.3, 0.4) is 0 Å². The van der Waals surface area contributed by atoms with Crippen LogP contribution in [0.4, 0.5) is 0 Å². The summed E-state index contributed by atoms with van der Waals surface area (Å²) in [5.74, 6) is 1.78. The van der Waals surface area contributed by atoms with Crippen molar-refractivity contribution in [3.8, 4) is 0 Å². The minimum atomic E-state index is -0.536. The third-order valence-electron chi connectivity index (χ3n) is 2.90. The van der Waals surface area contributed by atoms with Crippen molar-refractivity contribution in [1.82, 2.24) is 10.3 Å². The van der Waals surface area contributed by atoms with Crippen molar-refractivity contribution >= 4 is 0 Å². The summed E-state index contributed by atoms with van der Waals surface area (Å²) in [4.78, 5) is 3.93. The highest BCUT2D eigenvalue weighted by atomic mass is 16.3. The molecule has 0 radical (unpaired) electrons. The van der Waals surface area contributed by atoms with Crippen LogP contribution in [0.25, 0.3) is 0 Å². The number of furan rings is 1. The number of aliphatic hydroxyl groups is 1. The molecule has 0 aromatic carbocycles. The Balaban J connectivity index is 1.88. The zero-order chi connectivity index (χ0) is 13.0. The van der Waals surface area contributed by atoms with Gasteiger partial charge in [0.25, 0.3) is 0 Å². The second-order valence-corrected chi connectivity index (χ2v) is 4.37. The molecule has 0 amide bonds. The molecule has 4 nitrogen and oxygen atoms in total. The molecule has 2 unspecified atom stereocenters. The first kappa shape index (κ1) is 12.8. The van der Waals surface area contributed by atoms with Crippen molar-refractivity contribution in [3.05, 3.63) is 53.7 Å². The third kappa shape index (κ3) is 3.18. The van der Waals surface area contributed by atoms with E-state index >= 15 is 0 Å². The molecule has 2 heterocycles. The van der Waals surface area contributed by atoms with E-state index in [0.717, 1.165) is 17.1 Å². The zero-order valence-corrected chi connectivity index (χ0v) is 10.6. The van der Waals surface area contributed by atoms with Crippen molar-refractivity contribution in [2.75, 3.05) is 6.54 Å². The van der Waals surface area contributed by atoms with Crippen LogP contribution in [0.1, 0.15) is 36.2 Å². The Kier molecular flexibility index (Phi) is 4.12. The van der Waals surface area contributed by atoms with E-state index in [0.29, 0.717) is 6.54 Å². The summed E-state index contributed by atoms with van der Waals surface area (Å²) < 4.78 is 5.53. The Morgan fingerprint density at radius 1 is 1.28 bits per heavy atom. The van der Waals surface area contributed by atoms with Gasteiger partial charge in [-0.2, -0.15) is 0 Å². The van der Waals surface area contributed by atoms with Crippen LogP contribution in [0.5, 0.6) is 0 Å². The average Bonchev–Trinajstić information content (AvgIpc) is 2.83. The smallest absolute Gasteiger partial charge is 0.120 e. The molecule has 2 N–H and O–H groups in total. The van der Waals surface area contributed by atoms with Gasteiger partial charge in [0.1, 0.15) is 11.5 Å². The second kappa shape index (κ2) is 5.80. The van der Waals surface area contributed by atoms with Gasteiger partial charge in [0.15, 0.2) is 0 Å². The summed E-state index contributed by atoms with van der Waals surface area (Å²) in [6.45, 7) is 4.41. The molecule has 0 spiro atoms. The lowest BCUT2D eigenvalue weighted by atomic mass is 10.1. The predicted octanol–water partition coefficient (Wildman–Crippen LogP) is 2.37. The summed E-state index contributed by atoms with van der Waals surface area (Å²) in [6.07, 6.45) is 2.82. The summed E-state index contributed by atoms with van der Waals surface area (Å²) >= 11 is 0. The van der Waals surface area contributed by atoms with Gasteiger partial charge in [0.05, 0.1) is 12.1 Å². The first-order valence-corrected chi connectivity index (χ1v) is 6.04. The maximum Gasteiger partial charge on any atom is 0.120 e. The van der Waals surface area contributed by atoms with Crippen LogP contribution in [0, 0.1) is 6.92 Å². The molecule has 2 atom stereocenters. The highest BCUT2D eigenvalue weighted by Gasteiger charge is 2.12. The number of nitrogens with one attached hydrogen (secondary N) is 1. The van der Waals surface area contributed by atoms with Gasteiger partial charge in [-0.1, -0.05) is 0 Å². The molecule has 0 saturated heterocycles. The first-order valence-electron chi connectivity index (χ1n) is 6.04. The number of nitrogens with zero attached hydrogens (tertiary/aromatic N) is 1. The number of hydrogen-bond acceptors (Lipinski definition) is 4. The highest BCUT2D eigenvalue weighted by Crippen LogP contribution is 2.17. The standard InChI is InChI=1S/C14H18N2O2/c1-10-3-4-14(18-10)11(2)16-9-13(17)12-5-7-15-8-6-12/h3-8,11,13,16-17H,9H2,1-2H3. The van der Waals surface area contributed by atoms with E-state index in [2.05, 4.69) is 10.3 Å². The molecule has 18 heavy (non-hydrogen) atoms. The molecule has 96 valence electrons. The second-order valence-electron chi connectivity index (χ2n) is 4.37. The number of pyridine rings is 1. The maximum atomic E-state index is 10.0. The van der Waals surface area contributed by atoms with Crippen molar-refractivity contribution in [2.24, 2.45) is 0 Å². The fourth-order valence-corrected chi connectivity index (χ4v) is 1.78. The SMILES string of the molecule is Cc1ccc(C(C)NCC(O)c2ccncc2)o1. The molecule has 0 saturated carbocycles. The van der Waals surface area contributed by atoms with E-state index in [-0.39, 0.29) is 6.04 Å². The number of aliphatic hydroxyl groups excluding tert-OH is 1. The number of aryl methyl sites for hydroxylation is 1. The average molecular weight is 246 g/mol. The molecule has 2 aromatic heterocycles. The van der Waals surface area contributed by atoms with E-state index < -0.39 is 6.10 Å². The lowest BCUT2D eigenvalue weighted by Gasteiger charge is -2.15. The molecule has 0 aliphatic rings. The Morgan fingerprint density at radius 2 is 2.00 bits per heavy atom. The highest BCUT2D eigenvalue weighted by molar-refractivity contribution is 5.14. The zero-order valence-electron chi connectivity index (χ0n) is 10.6. The molecule has 0 fully saturated rings. The van der Waals surface area contributed by atoms with Crippen molar-refractivity contribution in [1.29, 1.82) is 0 Å². The molecule has 2 rings (SSSR count). The van der Waals surface area contributed by atoms with E-state index in [1.54, 1.807) is 12.4 Å². The van der Waals surface area contributed by atoms with E-state index in [9.17, 15) is 5.11 Å². The van der Waals surface area contributed by atoms with Crippen LogP contribution >= 0.6 is 0 Å². The lowest BCUT2D eigenvalue weighted by Crippen LogP contribution is -2.24. The van der Waals surface area contributed by atoms with Gasteiger partial charge in [-0.05, 0) is 43.7 Å². The molecular weight excluding hydrogens is 228 g/mol. The molecule has 0 aliphatic carbocycles. The van der Waals surface area contributed by atoms with Crippen molar-refractivity contribution in [3.63, 3.8) is 0 Å². The molecule has 2 aromatic rings. The van der Waals surface area contributed by atoms with Crippen molar-refractivity contribution < 1.29 is 9.52 Å². The van der Waals surface area contributed by atoms with Gasteiger partial charge in [-0.3, -0.25) is 4.98 Å². The fraction of sp³-hybridized carbons (Fsp3) is 0.357. The third-order valence-corrected chi connectivity index (χ3v) is 2.90. The molecule has 0 aliphatic heterocycles. The minimum absolute atomic E-state index is 0.0789. The van der Waals surface area contributed by atoms with Crippen LogP contribution < -0.4 is 5.32 Å². The number of aromatic nitrogens is 1. The summed E-state index contributed by atoms with van der Waals surface area (Å²) in [6, 6.07) is 7.59. The predicted molar refractivity (Wildman–Crippen MR) is 69.1 cm³/mol. The quantitative estimate of drug-likeness (QED) is 0.850. The monoisotopic (exact) mass is 246 g/mol. The first-order chi connectivity index (χ1) is 8.66. The van der Waals surface area contributed by atoms with E-state index in [1.807, 2.05) is 38.1 Å². The number of hydrogen-bond donors (Lipinski definition) is 2. The molecule has 4 heteroatoms. The minimum Gasteiger partial charge on any atom is -0.465 e. The van der Waals surface area contributed by atoms with Crippen LogP contribution in [-0.4, -0.2) is 16.6 Å². The topological polar surface area (TPSA) is 58.3 Å². The van der Waals surface area contributed by atoms with Gasteiger partial charge in [-0.25, -0.2) is 0 Å².